The van der Waals surface area contributed by atoms with Crippen LogP contribution < -0.4 is 19.9 Å². The number of aliphatic hydroxyl groups is 2. The van der Waals surface area contributed by atoms with Crippen molar-refractivity contribution < 1.29 is 41.8 Å². The maximum atomic E-state index is 12.3. The number of nitrogen functional groups attached to an aromatic ring is 1. The molecule has 1 aliphatic heterocycles. The second-order valence-electron chi connectivity index (χ2n) is 10.5. The van der Waals surface area contributed by atoms with E-state index in [2.05, 4.69) is 15.0 Å². The normalized spacial score (nSPS) is 20.2. The van der Waals surface area contributed by atoms with Crippen molar-refractivity contribution in [2.75, 3.05) is 26.1 Å². The molecular weight excluding hydrogens is 596 g/mol. The van der Waals surface area contributed by atoms with E-state index in [0.717, 1.165) is 56.4 Å². The number of nitrogens with one attached hydrogen (secondary N) is 1. The maximum absolute atomic E-state index is 12.3. The number of anilines is 1. The first-order valence-electron chi connectivity index (χ1n) is 14.6. The van der Waals surface area contributed by atoms with Gasteiger partial charge in [0.25, 0.3) is 0 Å². The van der Waals surface area contributed by atoms with Crippen LogP contribution >= 0.6 is 0 Å². The van der Waals surface area contributed by atoms with Crippen LogP contribution in [0, 0.1) is 0 Å². The zero-order valence-electron chi connectivity index (χ0n) is 24.6. The molecule has 1 fully saturated rings. The fourth-order valence-corrected chi connectivity index (χ4v) is 5.65. The fraction of sp³-hybridized carbons (Fsp3) is 0.571. The lowest BCUT2D eigenvalue weighted by Crippen LogP contribution is -2.37. The number of hydrogen-bond acceptors (Lipinski definition) is 13. The summed E-state index contributed by atoms with van der Waals surface area (Å²) in [4.78, 5) is 24.2. The van der Waals surface area contributed by atoms with Crippen molar-refractivity contribution in [2.45, 2.75) is 82.3 Å². The summed E-state index contributed by atoms with van der Waals surface area (Å²) >= 11 is 0. The Kier molecular flexibility index (Phi) is 12.1. The Morgan fingerprint density at radius 3 is 2.41 bits per heavy atom. The lowest BCUT2D eigenvalue weighted by molar-refractivity contribution is -0.119. The van der Waals surface area contributed by atoms with Gasteiger partial charge in [-0.2, -0.15) is 8.42 Å². The number of unbranched alkanes of at least 4 members (excludes halogenated alkanes) is 7. The third-order valence-corrected chi connectivity index (χ3v) is 8.17. The molecule has 1 aliphatic rings. The molecule has 0 bridgehead atoms. The van der Waals surface area contributed by atoms with Crippen LogP contribution in [0.5, 0.6) is 11.5 Å². The highest BCUT2D eigenvalue weighted by molar-refractivity contribution is 7.85. The van der Waals surface area contributed by atoms with Crippen molar-refractivity contribution >= 4 is 33.2 Å². The van der Waals surface area contributed by atoms with Crippen molar-refractivity contribution in [3.63, 3.8) is 0 Å². The van der Waals surface area contributed by atoms with Gasteiger partial charge in [-0.05, 0) is 25.0 Å². The molecule has 5 N–H and O–H groups in total. The van der Waals surface area contributed by atoms with E-state index in [-0.39, 0.29) is 23.4 Å². The van der Waals surface area contributed by atoms with Crippen molar-refractivity contribution in [3.05, 3.63) is 36.9 Å². The highest BCUT2D eigenvalue weighted by atomic mass is 32.2. The summed E-state index contributed by atoms with van der Waals surface area (Å²) < 4.78 is 49.4. The molecule has 242 valence electrons. The lowest BCUT2D eigenvalue weighted by Gasteiger charge is -2.16. The zero-order valence-corrected chi connectivity index (χ0v) is 25.4. The first-order chi connectivity index (χ1) is 21.2. The number of benzene rings is 1. The van der Waals surface area contributed by atoms with Gasteiger partial charge in [-0.15, -0.1) is 0 Å². The molecule has 1 amide bonds. The third kappa shape index (κ3) is 8.98. The number of rotatable bonds is 18. The molecule has 2 aromatic heterocycles. The molecule has 16 heteroatoms. The van der Waals surface area contributed by atoms with Crippen LogP contribution in [-0.4, -0.2) is 82.7 Å². The Bertz CT molecular complexity index is 1470. The molecule has 4 atom stereocenters. The van der Waals surface area contributed by atoms with Gasteiger partial charge in [0.2, 0.25) is 5.91 Å². The average molecular weight is 637 g/mol. The van der Waals surface area contributed by atoms with Gasteiger partial charge in [-0.25, -0.2) is 19.7 Å². The predicted molar refractivity (Wildman–Crippen MR) is 159 cm³/mol. The van der Waals surface area contributed by atoms with E-state index in [1.807, 2.05) is 29.0 Å². The van der Waals surface area contributed by atoms with Crippen LogP contribution in [0.25, 0.3) is 11.2 Å². The first kappa shape index (κ1) is 33.3. The minimum atomic E-state index is -4.45. The molecule has 44 heavy (non-hydrogen) atoms. The van der Waals surface area contributed by atoms with E-state index >= 15 is 0 Å². The predicted octanol–water partition coefficient (Wildman–Crippen LogP) is 2.00. The number of ether oxygens (including phenoxy) is 3. The molecule has 0 radical (unpaired) electrons. The standard InChI is InChI=1S/C28H40N6O9S/c1-40-19-12-9-10-13-20(19)41-15-11-7-5-3-2-4-6-8-14-22(35)33-44(38,39)42-16-21-24(36)25(37)28(43-21)34-18-32-23-26(29)30-17-31-27(23)34/h9-10,12-13,17-18,21,24-25,28,36-37H,2-8,11,14-16H2,1H3,(H,33,35)(H2,29,30,31)/t21-,24-,25-,28-/m1/s1. The Labute approximate surface area is 256 Å². The Morgan fingerprint density at radius 1 is 1.00 bits per heavy atom. The molecule has 0 saturated carbocycles. The van der Waals surface area contributed by atoms with Crippen LogP contribution in [0.1, 0.15) is 64.0 Å². The third-order valence-electron chi connectivity index (χ3n) is 7.25. The van der Waals surface area contributed by atoms with E-state index in [9.17, 15) is 23.4 Å². The van der Waals surface area contributed by atoms with Crippen molar-refractivity contribution in [3.8, 4) is 11.5 Å². The van der Waals surface area contributed by atoms with Gasteiger partial charge in [0.05, 0.1) is 26.7 Å². The zero-order chi connectivity index (χ0) is 31.5. The topological polar surface area (TPSA) is 210 Å². The number of methoxy groups -OCH3 is 1. The van der Waals surface area contributed by atoms with Gasteiger partial charge in [0, 0.05) is 6.42 Å². The molecule has 3 aromatic rings. The smallest absolute Gasteiger partial charge is 0.362 e. The summed E-state index contributed by atoms with van der Waals surface area (Å²) in [6, 6.07) is 7.57. The summed E-state index contributed by atoms with van der Waals surface area (Å²) in [6.45, 7) is 0.00117. The van der Waals surface area contributed by atoms with Crippen LogP contribution in [0.15, 0.2) is 36.9 Å². The summed E-state index contributed by atoms with van der Waals surface area (Å²) in [5, 5.41) is 20.9. The molecule has 0 aliphatic carbocycles. The number of fused-ring (bicyclic) bond motifs is 1. The molecule has 3 heterocycles. The number of nitrogens with zero attached hydrogens (tertiary/aromatic N) is 4. The summed E-state index contributed by atoms with van der Waals surface area (Å²) in [5.74, 6) is 0.912. The number of imidazole rings is 1. The Morgan fingerprint density at radius 2 is 1.68 bits per heavy atom. The van der Waals surface area contributed by atoms with Gasteiger partial charge < -0.3 is 30.2 Å². The molecule has 4 rings (SSSR count). The monoisotopic (exact) mass is 636 g/mol. The Hall–Kier alpha value is -3.57. The van der Waals surface area contributed by atoms with Crippen molar-refractivity contribution in [2.24, 2.45) is 0 Å². The van der Waals surface area contributed by atoms with Gasteiger partial charge in [0.15, 0.2) is 29.2 Å². The highest BCUT2D eigenvalue weighted by Gasteiger charge is 2.45. The van der Waals surface area contributed by atoms with E-state index in [4.69, 9.17) is 24.1 Å². The van der Waals surface area contributed by atoms with E-state index in [1.165, 1.54) is 17.2 Å². The van der Waals surface area contributed by atoms with Crippen LogP contribution in [0.3, 0.4) is 0 Å². The average Bonchev–Trinajstić information content (AvgIpc) is 3.56. The fourth-order valence-electron chi connectivity index (χ4n) is 4.90. The van der Waals surface area contributed by atoms with Gasteiger partial charge >= 0.3 is 10.3 Å². The van der Waals surface area contributed by atoms with Gasteiger partial charge in [-0.1, -0.05) is 50.7 Å². The van der Waals surface area contributed by atoms with E-state index < -0.39 is 47.4 Å². The summed E-state index contributed by atoms with van der Waals surface area (Å²) in [5.41, 5.74) is 6.33. The second kappa shape index (κ2) is 15.9. The molecule has 0 spiro atoms. The minimum absolute atomic E-state index is 0.0326. The van der Waals surface area contributed by atoms with Crippen molar-refractivity contribution in [1.29, 1.82) is 0 Å². The molecule has 15 nitrogen and oxygen atoms in total. The lowest BCUT2D eigenvalue weighted by atomic mass is 10.1. The Balaban J connectivity index is 1.06. The van der Waals surface area contributed by atoms with E-state index in [0.29, 0.717) is 13.0 Å². The second-order valence-corrected chi connectivity index (χ2v) is 11.8. The van der Waals surface area contributed by atoms with Gasteiger partial charge in [-0.3, -0.25) is 13.5 Å². The number of nitrogens with two attached hydrogens (primary N) is 1. The highest BCUT2D eigenvalue weighted by Crippen LogP contribution is 2.32. The number of amides is 1. The van der Waals surface area contributed by atoms with Gasteiger partial charge in [0.1, 0.15) is 30.2 Å². The maximum Gasteiger partial charge on any atom is 0.362 e. The van der Waals surface area contributed by atoms with Crippen LogP contribution in [0.4, 0.5) is 5.82 Å². The van der Waals surface area contributed by atoms with E-state index in [1.54, 1.807) is 7.11 Å². The molecule has 0 unspecified atom stereocenters. The number of carbonyl (C=O) groups excluding carboxylic acids is 1. The molecular formula is C28H40N6O9S. The van der Waals surface area contributed by atoms with Crippen LogP contribution in [0.2, 0.25) is 0 Å². The molecule has 1 aromatic carbocycles. The summed E-state index contributed by atoms with van der Waals surface area (Å²) in [6.07, 6.45) is 4.80. The largest absolute Gasteiger partial charge is 0.493 e. The molecule has 1 saturated heterocycles. The number of aliphatic hydroxyl groups excluding tert-OH is 2. The number of carbonyl (C=O) groups is 1. The quantitative estimate of drug-likeness (QED) is 0.147. The summed E-state index contributed by atoms with van der Waals surface area (Å²) in [7, 11) is -2.83. The minimum Gasteiger partial charge on any atom is -0.493 e. The van der Waals surface area contributed by atoms with Crippen molar-refractivity contribution in [1.82, 2.24) is 24.2 Å². The number of aromatic nitrogens is 4. The first-order valence-corrected chi connectivity index (χ1v) is 16.0. The number of hydrogen-bond donors (Lipinski definition) is 4. The number of para-hydroxylation sites is 2. The van der Waals surface area contributed by atoms with Crippen LogP contribution in [-0.2, 0) is 24.0 Å². The SMILES string of the molecule is COc1ccccc1OCCCCCCCCCCC(=O)NS(=O)(=O)OC[C@H]1O[C@@H](n2cnc3c(N)ncnc32)[C@H](O)[C@@H]1O.